The van der Waals surface area contributed by atoms with E-state index in [4.69, 9.17) is 9.47 Å². The molecule has 0 aliphatic rings. The van der Waals surface area contributed by atoms with Crippen LogP contribution in [0.1, 0.15) is 15.9 Å². The molecule has 0 aliphatic carbocycles. The molecule has 3 aromatic rings. The number of ether oxygens (including phenoxy) is 2. The standard InChI is InChI=1S/C23H24N2O5S/c1-29-21-12-11-17(15-22(21)30-2)13-14-24-23(26)18-7-6-10-20(16-18)31(27,28)25-19-8-4-3-5-9-19/h3-12,15-16,25H,13-14H2,1-2H3,(H,24,26). The van der Waals surface area contributed by atoms with Gasteiger partial charge in [0.25, 0.3) is 15.9 Å². The van der Waals surface area contributed by atoms with Crippen LogP contribution >= 0.6 is 0 Å². The van der Waals surface area contributed by atoms with Gasteiger partial charge in [0, 0.05) is 17.8 Å². The van der Waals surface area contributed by atoms with E-state index in [-0.39, 0.29) is 16.4 Å². The van der Waals surface area contributed by atoms with E-state index in [1.165, 1.54) is 12.1 Å². The lowest BCUT2D eigenvalue weighted by Gasteiger charge is -2.11. The predicted octanol–water partition coefficient (Wildman–Crippen LogP) is 3.48. The minimum Gasteiger partial charge on any atom is -0.493 e. The SMILES string of the molecule is COc1ccc(CCNC(=O)c2cccc(S(=O)(=O)Nc3ccccc3)c2)cc1OC. The van der Waals surface area contributed by atoms with E-state index in [9.17, 15) is 13.2 Å². The minimum absolute atomic E-state index is 0.0175. The van der Waals surface area contributed by atoms with Gasteiger partial charge >= 0.3 is 0 Å². The molecule has 162 valence electrons. The lowest BCUT2D eigenvalue weighted by molar-refractivity contribution is 0.0954. The van der Waals surface area contributed by atoms with Gasteiger partial charge in [-0.3, -0.25) is 9.52 Å². The second-order valence-electron chi connectivity index (χ2n) is 6.69. The van der Waals surface area contributed by atoms with Crippen molar-refractivity contribution in [2.75, 3.05) is 25.5 Å². The zero-order valence-electron chi connectivity index (χ0n) is 17.3. The normalized spacial score (nSPS) is 10.9. The number of carbonyl (C=O) groups excluding carboxylic acids is 1. The monoisotopic (exact) mass is 440 g/mol. The molecule has 0 saturated heterocycles. The molecule has 0 atom stereocenters. The summed E-state index contributed by atoms with van der Waals surface area (Å²) >= 11 is 0. The highest BCUT2D eigenvalue weighted by atomic mass is 32.2. The number of nitrogens with one attached hydrogen (secondary N) is 2. The molecular weight excluding hydrogens is 416 g/mol. The molecule has 0 aromatic heterocycles. The van der Waals surface area contributed by atoms with Crippen molar-refractivity contribution in [2.24, 2.45) is 0 Å². The number of methoxy groups -OCH3 is 2. The molecule has 7 nitrogen and oxygen atoms in total. The Balaban J connectivity index is 1.64. The number of hydrogen-bond acceptors (Lipinski definition) is 5. The Morgan fingerprint density at radius 2 is 1.61 bits per heavy atom. The molecule has 3 rings (SSSR count). The molecule has 3 aromatic carbocycles. The molecule has 0 saturated carbocycles. The molecule has 0 spiro atoms. The van der Waals surface area contributed by atoms with Crippen LogP contribution in [0.15, 0.2) is 77.7 Å². The van der Waals surface area contributed by atoms with Gasteiger partial charge in [0.15, 0.2) is 11.5 Å². The third-order valence-corrected chi connectivity index (χ3v) is 5.96. The predicted molar refractivity (Wildman–Crippen MR) is 119 cm³/mol. The highest BCUT2D eigenvalue weighted by molar-refractivity contribution is 7.92. The van der Waals surface area contributed by atoms with Gasteiger partial charge in [-0.25, -0.2) is 8.42 Å². The minimum atomic E-state index is -3.80. The van der Waals surface area contributed by atoms with Crippen LogP contribution in [0.5, 0.6) is 11.5 Å². The molecule has 31 heavy (non-hydrogen) atoms. The summed E-state index contributed by atoms with van der Waals surface area (Å²) in [6.07, 6.45) is 0.583. The maximum Gasteiger partial charge on any atom is 0.261 e. The molecule has 2 N–H and O–H groups in total. The Bertz CT molecular complexity index is 1150. The summed E-state index contributed by atoms with van der Waals surface area (Å²) in [5.41, 5.74) is 1.69. The summed E-state index contributed by atoms with van der Waals surface area (Å²) in [6, 6.07) is 20.1. The van der Waals surface area contributed by atoms with Crippen molar-refractivity contribution in [1.82, 2.24) is 5.32 Å². The molecule has 0 aliphatic heterocycles. The van der Waals surface area contributed by atoms with Crippen molar-refractivity contribution < 1.29 is 22.7 Å². The Kier molecular flexibility index (Phi) is 7.15. The molecule has 0 radical (unpaired) electrons. The van der Waals surface area contributed by atoms with Crippen molar-refractivity contribution in [3.05, 3.63) is 83.9 Å². The number of carbonyl (C=O) groups is 1. The topological polar surface area (TPSA) is 93.7 Å². The molecule has 0 bridgehead atoms. The number of sulfonamides is 1. The fraction of sp³-hybridized carbons (Fsp3) is 0.174. The van der Waals surface area contributed by atoms with Crippen LogP contribution in [0.2, 0.25) is 0 Å². The lowest BCUT2D eigenvalue weighted by Crippen LogP contribution is -2.26. The summed E-state index contributed by atoms with van der Waals surface area (Å²) < 4.78 is 38.3. The Morgan fingerprint density at radius 3 is 2.32 bits per heavy atom. The lowest BCUT2D eigenvalue weighted by atomic mass is 10.1. The first-order valence-corrected chi connectivity index (χ1v) is 11.1. The zero-order valence-corrected chi connectivity index (χ0v) is 18.1. The van der Waals surface area contributed by atoms with E-state index in [0.29, 0.717) is 30.2 Å². The second kappa shape index (κ2) is 9.99. The summed E-state index contributed by atoms with van der Waals surface area (Å²) in [7, 11) is -0.665. The van der Waals surface area contributed by atoms with E-state index in [2.05, 4.69) is 10.0 Å². The molecule has 1 amide bonds. The van der Waals surface area contributed by atoms with Crippen molar-refractivity contribution in [2.45, 2.75) is 11.3 Å². The van der Waals surface area contributed by atoms with Crippen LogP contribution in [0.3, 0.4) is 0 Å². The summed E-state index contributed by atoms with van der Waals surface area (Å²) in [5.74, 6) is 0.907. The maximum absolute atomic E-state index is 12.6. The smallest absolute Gasteiger partial charge is 0.261 e. The Labute approximate surface area is 182 Å². The summed E-state index contributed by atoms with van der Waals surface area (Å²) in [5, 5.41) is 2.82. The van der Waals surface area contributed by atoms with E-state index < -0.39 is 10.0 Å². The van der Waals surface area contributed by atoms with E-state index in [1.807, 2.05) is 18.2 Å². The van der Waals surface area contributed by atoms with Gasteiger partial charge in [-0.15, -0.1) is 0 Å². The highest BCUT2D eigenvalue weighted by Gasteiger charge is 2.16. The first-order valence-electron chi connectivity index (χ1n) is 9.60. The fourth-order valence-corrected chi connectivity index (χ4v) is 4.09. The van der Waals surface area contributed by atoms with Crippen LogP contribution in [-0.2, 0) is 16.4 Å². The van der Waals surface area contributed by atoms with E-state index >= 15 is 0 Å². The van der Waals surface area contributed by atoms with Gasteiger partial charge in [-0.1, -0.05) is 30.3 Å². The number of amides is 1. The van der Waals surface area contributed by atoms with Gasteiger partial charge < -0.3 is 14.8 Å². The Hall–Kier alpha value is -3.52. The van der Waals surface area contributed by atoms with Gasteiger partial charge in [-0.05, 0) is 54.4 Å². The average molecular weight is 441 g/mol. The third-order valence-electron chi connectivity index (χ3n) is 4.58. The Morgan fingerprint density at radius 1 is 0.871 bits per heavy atom. The summed E-state index contributed by atoms with van der Waals surface area (Å²) in [4.78, 5) is 12.5. The molecule has 0 fully saturated rings. The van der Waals surface area contributed by atoms with Crippen LogP contribution in [-0.4, -0.2) is 35.1 Å². The number of para-hydroxylation sites is 1. The number of rotatable bonds is 9. The fourth-order valence-electron chi connectivity index (χ4n) is 2.98. The van der Waals surface area contributed by atoms with Crippen LogP contribution in [0.25, 0.3) is 0 Å². The third kappa shape index (κ3) is 5.76. The average Bonchev–Trinajstić information content (AvgIpc) is 2.79. The van der Waals surface area contributed by atoms with Crippen molar-refractivity contribution in [3.63, 3.8) is 0 Å². The second-order valence-corrected chi connectivity index (χ2v) is 8.38. The van der Waals surface area contributed by atoms with Gasteiger partial charge in [0.1, 0.15) is 0 Å². The van der Waals surface area contributed by atoms with E-state index in [1.54, 1.807) is 56.7 Å². The number of benzene rings is 3. The quantitative estimate of drug-likeness (QED) is 0.531. The molecule has 8 heteroatoms. The number of anilines is 1. The molecular formula is C23H24N2O5S. The molecule has 0 heterocycles. The van der Waals surface area contributed by atoms with Crippen molar-refractivity contribution >= 4 is 21.6 Å². The summed E-state index contributed by atoms with van der Waals surface area (Å²) in [6.45, 7) is 0.382. The first-order chi connectivity index (χ1) is 14.9. The van der Waals surface area contributed by atoms with Gasteiger partial charge in [0.2, 0.25) is 0 Å². The maximum atomic E-state index is 12.6. The zero-order chi connectivity index (χ0) is 22.3. The van der Waals surface area contributed by atoms with Crippen LogP contribution in [0.4, 0.5) is 5.69 Å². The van der Waals surface area contributed by atoms with Crippen LogP contribution in [0, 0.1) is 0 Å². The number of hydrogen-bond donors (Lipinski definition) is 2. The van der Waals surface area contributed by atoms with Gasteiger partial charge in [-0.2, -0.15) is 0 Å². The highest BCUT2D eigenvalue weighted by Crippen LogP contribution is 2.27. The largest absolute Gasteiger partial charge is 0.493 e. The first kappa shape index (κ1) is 22.2. The van der Waals surface area contributed by atoms with Crippen LogP contribution < -0.4 is 19.5 Å². The molecule has 0 unspecified atom stereocenters. The van der Waals surface area contributed by atoms with Gasteiger partial charge in [0.05, 0.1) is 19.1 Å². The van der Waals surface area contributed by atoms with E-state index in [0.717, 1.165) is 5.56 Å². The van der Waals surface area contributed by atoms with Crippen molar-refractivity contribution in [1.29, 1.82) is 0 Å². The van der Waals surface area contributed by atoms with Crippen molar-refractivity contribution in [3.8, 4) is 11.5 Å².